The number of hydrogen-bond donors (Lipinski definition) is 1. The number of hydrogen-bond acceptors (Lipinski definition) is 4. The maximum absolute atomic E-state index is 12.4. The molecule has 102 valence electrons. The van der Waals surface area contributed by atoms with Gasteiger partial charge in [0, 0.05) is 10.6 Å². The Morgan fingerprint density at radius 2 is 1.70 bits per heavy atom. The van der Waals surface area contributed by atoms with Gasteiger partial charge in [0.1, 0.15) is 0 Å². The van der Waals surface area contributed by atoms with Gasteiger partial charge in [0.15, 0.2) is 0 Å². The summed E-state index contributed by atoms with van der Waals surface area (Å²) in [5, 5.41) is 3.37. The SMILES string of the molecule is Cc1ccc(S(=O)(=O)c2ccc(N=[N+]=[N-])c(N)c2)cc1. The topological polar surface area (TPSA) is 109 Å². The largest absolute Gasteiger partial charge is 0.398 e. The molecular weight excluding hydrogens is 276 g/mol. The van der Waals surface area contributed by atoms with Crippen LogP contribution in [-0.2, 0) is 9.84 Å². The van der Waals surface area contributed by atoms with Gasteiger partial charge in [-0.1, -0.05) is 22.8 Å². The quantitative estimate of drug-likeness (QED) is 0.404. The van der Waals surface area contributed by atoms with Crippen LogP contribution in [0.5, 0.6) is 0 Å². The molecule has 0 radical (unpaired) electrons. The van der Waals surface area contributed by atoms with E-state index in [0.717, 1.165) is 5.56 Å². The minimum Gasteiger partial charge on any atom is -0.398 e. The van der Waals surface area contributed by atoms with E-state index in [2.05, 4.69) is 10.0 Å². The molecule has 0 aliphatic heterocycles. The van der Waals surface area contributed by atoms with E-state index in [4.69, 9.17) is 11.3 Å². The lowest BCUT2D eigenvalue weighted by atomic mass is 10.2. The van der Waals surface area contributed by atoms with Gasteiger partial charge in [0.05, 0.1) is 15.5 Å². The lowest BCUT2D eigenvalue weighted by Crippen LogP contribution is -2.02. The van der Waals surface area contributed by atoms with E-state index >= 15 is 0 Å². The smallest absolute Gasteiger partial charge is 0.206 e. The Morgan fingerprint density at radius 3 is 2.25 bits per heavy atom. The fourth-order valence-electron chi connectivity index (χ4n) is 1.69. The molecule has 2 rings (SSSR count). The van der Waals surface area contributed by atoms with Crippen LogP contribution in [-0.4, -0.2) is 8.42 Å². The first-order chi connectivity index (χ1) is 9.45. The molecule has 0 amide bonds. The van der Waals surface area contributed by atoms with Crippen molar-refractivity contribution >= 4 is 21.2 Å². The molecule has 0 aliphatic rings. The van der Waals surface area contributed by atoms with E-state index in [1.165, 1.54) is 18.2 Å². The Bertz CT molecular complexity index is 792. The van der Waals surface area contributed by atoms with Crippen LogP contribution in [0, 0.1) is 6.92 Å². The first kappa shape index (κ1) is 13.9. The molecule has 20 heavy (non-hydrogen) atoms. The number of azide groups is 1. The molecule has 0 aromatic heterocycles. The number of rotatable bonds is 3. The van der Waals surface area contributed by atoms with Gasteiger partial charge < -0.3 is 5.73 Å². The molecule has 2 aromatic rings. The molecule has 2 aromatic carbocycles. The number of nitrogens with zero attached hydrogens (tertiary/aromatic N) is 3. The summed E-state index contributed by atoms with van der Waals surface area (Å²) in [5.74, 6) is 0. The molecule has 0 bridgehead atoms. The maximum Gasteiger partial charge on any atom is 0.206 e. The van der Waals surface area contributed by atoms with E-state index in [1.807, 2.05) is 6.92 Å². The van der Waals surface area contributed by atoms with Crippen molar-refractivity contribution in [2.75, 3.05) is 5.73 Å². The molecule has 7 heteroatoms. The number of nitrogen functional groups attached to an aromatic ring is 1. The van der Waals surface area contributed by atoms with Gasteiger partial charge in [-0.05, 0) is 42.8 Å². The van der Waals surface area contributed by atoms with Crippen LogP contribution in [0.1, 0.15) is 5.56 Å². The number of nitrogens with two attached hydrogens (primary N) is 1. The van der Waals surface area contributed by atoms with Gasteiger partial charge in [0.25, 0.3) is 0 Å². The molecule has 0 spiro atoms. The minimum absolute atomic E-state index is 0.0655. The Hall–Kier alpha value is -2.50. The first-order valence-electron chi connectivity index (χ1n) is 5.71. The van der Waals surface area contributed by atoms with Crippen LogP contribution in [0.15, 0.2) is 57.4 Å². The van der Waals surface area contributed by atoms with Gasteiger partial charge in [0.2, 0.25) is 9.84 Å². The number of benzene rings is 2. The number of aryl methyl sites for hydroxylation is 1. The van der Waals surface area contributed by atoms with E-state index in [9.17, 15) is 8.42 Å². The highest BCUT2D eigenvalue weighted by molar-refractivity contribution is 7.91. The van der Waals surface area contributed by atoms with Crippen LogP contribution in [0.2, 0.25) is 0 Å². The van der Waals surface area contributed by atoms with Gasteiger partial charge in [-0.3, -0.25) is 0 Å². The van der Waals surface area contributed by atoms with Crippen molar-refractivity contribution in [2.24, 2.45) is 5.11 Å². The predicted octanol–water partition coefficient (Wildman–Crippen LogP) is 3.35. The second-order valence-corrected chi connectivity index (χ2v) is 6.18. The van der Waals surface area contributed by atoms with Gasteiger partial charge in [-0.2, -0.15) is 0 Å². The average Bonchev–Trinajstić information content (AvgIpc) is 2.41. The second kappa shape index (κ2) is 5.24. The highest BCUT2D eigenvalue weighted by Crippen LogP contribution is 2.28. The van der Waals surface area contributed by atoms with Crippen molar-refractivity contribution < 1.29 is 8.42 Å². The molecule has 0 atom stereocenters. The normalized spacial score (nSPS) is 10.8. The number of anilines is 1. The summed E-state index contributed by atoms with van der Waals surface area (Å²) in [6, 6.07) is 10.6. The summed E-state index contributed by atoms with van der Waals surface area (Å²) in [6.45, 7) is 1.88. The molecule has 0 saturated heterocycles. The predicted molar refractivity (Wildman–Crippen MR) is 76.3 cm³/mol. The number of sulfone groups is 1. The minimum atomic E-state index is -3.62. The Labute approximate surface area is 116 Å². The highest BCUT2D eigenvalue weighted by atomic mass is 32.2. The zero-order chi connectivity index (χ0) is 14.8. The summed E-state index contributed by atoms with van der Waals surface area (Å²) >= 11 is 0. The van der Waals surface area contributed by atoms with Crippen LogP contribution >= 0.6 is 0 Å². The summed E-state index contributed by atoms with van der Waals surface area (Å²) in [7, 11) is -3.62. The summed E-state index contributed by atoms with van der Waals surface area (Å²) < 4.78 is 24.8. The molecule has 0 heterocycles. The Morgan fingerprint density at radius 1 is 1.10 bits per heavy atom. The fourth-order valence-corrected chi connectivity index (χ4v) is 2.99. The van der Waals surface area contributed by atoms with E-state index in [0.29, 0.717) is 0 Å². The maximum atomic E-state index is 12.4. The zero-order valence-electron chi connectivity index (χ0n) is 10.7. The average molecular weight is 288 g/mol. The second-order valence-electron chi connectivity index (χ2n) is 4.23. The molecule has 2 N–H and O–H groups in total. The summed E-state index contributed by atoms with van der Waals surface area (Å²) in [6.07, 6.45) is 0. The van der Waals surface area contributed by atoms with Gasteiger partial charge in [-0.25, -0.2) is 8.42 Å². The fraction of sp³-hybridized carbons (Fsp3) is 0.0769. The van der Waals surface area contributed by atoms with E-state index < -0.39 is 9.84 Å². The lowest BCUT2D eigenvalue weighted by molar-refractivity contribution is 0.596. The lowest BCUT2D eigenvalue weighted by Gasteiger charge is -2.07. The van der Waals surface area contributed by atoms with Crippen LogP contribution < -0.4 is 5.73 Å². The van der Waals surface area contributed by atoms with Gasteiger partial charge >= 0.3 is 0 Å². The Kier molecular flexibility index (Phi) is 3.65. The third kappa shape index (κ3) is 2.59. The van der Waals surface area contributed by atoms with Crippen molar-refractivity contribution in [1.29, 1.82) is 0 Å². The van der Waals surface area contributed by atoms with Crippen molar-refractivity contribution in [1.82, 2.24) is 0 Å². The third-order valence-corrected chi connectivity index (χ3v) is 4.56. The molecule has 0 saturated carbocycles. The molecule has 0 fully saturated rings. The zero-order valence-corrected chi connectivity index (χ0v) is 11.5. The molecule has 0 aliphatic carbocycles. The molecular formula is C13H12N4O2S. The van der Waals surface area contributed by atoms with Gasteiger partial charge in [-0.15, -0.1) is 0 Å². The van der Waals surface area contributed by atoms with Crippen LogP contribution in [0.25, 0.3) is 10.4 Å². The molecule has 0 unspecified atom stereocenters. The van der Waals surface area contributed by atoms with Crippen LogP contribution in [0.4, 0.5) is 11.4 Å². The summed E-state index contributed by atoms with van der Waals surface area (Å²) in [5.41, 5.74) is 15.3. The van der Waals surface area contributed by atoms with Crippen LogP contribution in [0.3, 0.4) is 0 Å². The van der Waals surface area contributed by atoms with E-state index in [-0.39, 0.29) is 21.2 Å². The van der Waals surface area contributed by atoms with E-state index in [1.54, 1.807) is 24.3 Å². The summed E-state index contributed by atoms with van der Waals surface area (Å²) in [4.78, 5) is 2.88. The monoisotopic (exact) mass is 288 g/mol. The standard InChI is InChI=1S/C13H12N4O2S/c1-9-2-4-10(5-3-9)20(18,19)11-6-7-13(16-17-15)12(14)8-11/h2-8H,14H2,1H3. The third-order valence-electron chi connectivity index (χ3n) is 2.79. The van der Waals surface area contributed by atoms with Crippen molar-refractivity contribution in [3.05, 3.63) is 58.5 Å². The first-order valence-corrected chi connectivity index (χ1v) is 7.20. The van der Waals surface area contributed by atoms with Crippen molar-refractivity contribution in [3.8, 4) is 0 Å². The Balaban J connectivity index is 2.52. The highest BCUT2D eigenvalue weighted by Gasteiger charge is 2.18. The van der Waals surface area contributed by atoms with Crippen molar-refractivity contribution in [3.63, 3.8) is 0 Å². The molecule has 6 nitrogen and oxygen atoms in total. The van der Waals surface area contributed by atoms with Crippen molar-refractivity contribution in [2.45, 2.75) is 16.7 Å².